The van der Waals surface area contributed by atoms with E-state index in [9.17, 15) is 4.39 Å². The van der Waals surface area contributed by atoms with Crippen LogP contribution in [0, 0.1) is 24.1 Å². The lowest BCUT2D eigenvalue weighted by atomic mass is 10.1. The van der Waals surface area contributed by atoms with Crippen molar-refractivity contribution < 1.29 is 13.9 Å². The summed E-state index contributed by atoms with van der Waals surface area (Å²) in [7, 11) is 1.57. The molecule has 16 heavy (non-hydrogen) atoms. The second-order valence-corrected chi connectivity index (χ2v) is 3.59. The largest absolute Gasteiger partial charge is 0.487 e. The maximum atomic E-state index is 13.2. The van der Waals surface area contributed by atoms with Gasteiger partial charge in [0.2, 0.25) is 0 Å². The van der Waals surface area contributed by atoms with Crippen molar-refractivity contribution in [2.24, 2.45) is 0 Å². The van der Waals surface area contributed by atoms with Gasteiger partial charge in [-0.15, -0.1) is 0 Å². The maximum Gasteiger partial charge on any atom is 0.138 e. The van der Waals surface area contributed by atoms with Gasteiger partial charge in [0, 0.05) is 7.11 Å². The number of hydrogen-bond acceptors (Lipinski definition) is 3. The monoisotopic (exact) mass is 223 g/mol. The van der Waals surface area contributed by atoms with Crippen molar-refractivity contribution in [1.29, 1.82) is 5.26 Å². The van der Waals surface area contributed by atoms with Crippen LogP contribution in [0.25, 0.3) is 0 Å². The van der Waals surface area contributed by atoms with Gasteiger partial charge in [-0.3, -0.25) is 0 Å². The van der Waals surface area contributed by atoms with Crippen LogP contribution < -0.4 is 4.74 Å². The number of aryl methyl sites for hydroxylation is 1. The van der Waals surface area contributed by atoms with Crippen LogP contribution in [-0.2, 0) is 4.74 Å². The Morgan fingerprint density at radius 3 is 2.75 bits per heavy atom. The topological polar surface area (TPSA) is 42.2 Å². The normalized spacial score (nSPS) is 11.9. The molecule has 0 fully saturated rings. The van der Waals surface area contributed by atoms with Crippen LogP contribution in [-0.4, -0.2) is 19.8 Å². The fourth-order valence-electron chi connectivity index (χ4n) is 1.33. The Labute approximate surface area is 94.4 Å². The first-order valence-corrected chi connectivity index (χ1v) is 4.94. The molecule has 0 N–H and O–H groups in total. The Morgan fingerprint density at radius 1 is 1.50 bits per heavy atom. The molecule has 86 valence electrons. The van der Waals surface area contributed by atoms with Gasteiger partial charge in [0.1, 0.15) is 23.7 Å². The van der Waals surface area contributed by atoms with E-state index in [4.69, 9.17) is 14.7 Å². The molecule has 1 aromatic carbocycles. The fourth-order valence-corrected chi connectivity index (χ4v) is 1.33. The lowest BCUT2D eigenvalue weighted by Crippen LogP contribution is -2.18. The van der Waals surface area contributed by atoms with Crippen molar-refractivity contribution >= 4 is 0 Å². The Balaban J connectivity index is 2.95. The van der Waals surface area contributed by atoms with Gasteiger partial charge < -0.3 is 9.47 Å². The van der Waals surface area contributed by atoms with Crippen molar-refractivity contribution in [3.05, 3.63) is 29.1 Å². The molecule has 0 aliphatic heterocycles. The summed E-state index contributed by atoms with van der Waals surface area (Å²) >= 11 is 0. The first kappa shape index (κ1) is 12.5. The minimum atomic E-state index is -0.400. The van der Waals surface area contributed by atoms with Crippen LogP contribution in [0.3, 0.4) is 0 Å². The van der Waals surface area contributed by atoms with Crippen LogP contribution in [0.2, 0.25) is 0 Å². The Bertz CT molecular complexity index is 412. The van der Waals surface area contributed by atoms with Gasteiger partial charge >= 0.3 is 0 Å². The Kier molecular flexibility index (Phi) is 4.27. The molecule has 0 aliphatic rings. The lowest BCUT2D eigenvalue weighted by molar-refractivity contribution is 0.0918. The summed E-state index contributed by atoms with van der Waals surface area (Å²) < 4.78 is 23.6. The van der Waals surface area contributed by atoms with Gasteiger partial charge in [0.25, 0.3) is 0 Å². The molecule has 1 atom stereocenters. The predicted molar refractivity (Wildman–Crippen MR) is 57.8 cm³/mol. The van der Waals surface area contributed by atoms with E-state index in [0.717, 1.165) is 0 Å². The van der Waals surface area contributed by atoms with E-state index in [-0.39, 0.29) is 11.7 Å². The molecule has 0 saturated carbocycles. The number of halogens is 1. The Hall–Kier alpha value is -1.60. The van der Waals surface area contributed by atoms with E-state index in [1.807, 2.05) is 13.0 Å². The third-order valence-electron chi connectivity index (χ3n) is 2.11. The fraction of sp³-hybridized carbons (Fsp3) is 0.417. The zero-order chi connectivity index (χ0) is 12.1. The van der Waals surface area contributed by atoms with Crippen molar-refractivity contribution in [1.82, 2.24) is 0 Å². The van der Waals surface area contributed by atoms with Gasteiger partial charge in [-0.2, -0.15) is 5.26 Å². The molecule has 0 amide bonds. The molecule has 0 spiro atoms. The quantitative estimate of drug-likeness (QED) is 0.787. The number of methoxy groups -OCH3 is 1. The van der Waals surface area contributed by atoms with Gasteiger partial charge in [0.15, 0.2) is 0 Å². The number of benzene rings is 1. The smallest absolute Gasteiger partial charge is 0.138 e. The van der Waals surface area contributed by atoms with Crippen LogP contribution in [0.5, 0.6) is 5.75 Å². The molecule has 0 aromatic heterocycles. The number of nitriles is 1. The van der Waals surface area contributed by atoms with Crippen LogP contribution in [0.1, 0.15) is 18.1 Å². The number of rotatable bonds is 4. The summed E-state index contributed by atoms with van der Waals surface area (Å²) in [6, 6.07) is 4.62. The molecule has 0 radical (unpaired) electrons. The van der Waals surface area contributed by atoms with Gasteiger partial charge in [-0.05, 0) is 31.5 Å². The molecule has 1 rings (SSSR count). The summed E-state index contributed by atoms with van der Waals surface area (Å²) in [5.41, 5.74) is 0.657. The van der Waals surface area contributed by atoms with Crippen molar-refractivity contribution in [3.63, 3.8) is 0 Å². The molecule has 1 unspecified atom stereocenters. The van der Waals surface area contributed by atoms with Gasteiger partial charge in [-0.25, -0.2) is 4.39 Å². The average molecular weight is 223 g/mol. The van der Waals surface area contributed by atoms with E-state index in [1.165, 1.54) is 12.1 Å². The van der Waals surface area contributed by atoms with Crippen molar-refractivity contribution in [2.75, 3.05) is 13.7 Å². The number of ether oxygens (including phenoxy) is 2. The van der Waals surface area contributed by atoms with E-state index in [2.05, 4.69) is 0 Å². The minimum Gasteiger partial charge on any atom is -0.487 e. The average Bonchev–Trinajstić information content (AvgIpc) is 2.23. The molecule has 1 aromatic rings. The van der Waals surface area contributed by atoms with Crippen LogP contribution in [0.15, 0.2) is 12.1 Å². The molecule has 4 heteroatoms. The summed E-state index contributed by atoms with van der Waals surface area (Å²) in [6.07, 6.45) is -0.179. The highest BCUT2D eigenvalue weighted by atomic mass is 19.1. The van der Waals surface area contributed by atoms with Gasteiger partial charge in [-0.1, -0.05) is 0 Å². The lowest BCUT2D eigenvalue weighted by Gasteiger charge is -2.15. The highest BCUT2D eigenvalue weighted by Gasteiger charge is 2.11. The number of nitrogens with zero attached hydrogens (tertiary/aromatic N) is 1. The third kappa shape index (κ3) is 2.94. The molecular weight excluding hydrogens is 209 g/mol. The van der Waals surface area contributed by atoms with E-state index < -0.39 is 5.82 Å². The highest BCUT2D eigenvalue weighted by molar-refractivity contribution is 5.45. The summed E-state index contributed by atoms with van der Waals surface area (Å²) in [5, 5.41) is 8.85. The van der Waals surface area contributed by atoms with Crippen LogP contribution in [0.4, 0.5) is 4.39 Å². The number of hydrogen-bond donors (Lipinski definition) is 0. The first-order valence-electron chi connectivity index (χ1n) is 4.94. The highest BCUT2D eigenvalue weighted by Crippen LogP contribution is 2.23. The molecule has 0 bridgehead atoms. The third-order valence-corrected chi connectivity index (χ3v) is 2.11. The van der Waals surface area contributed by atoms with E-state index >= 15 is 0 Å². The first-order chi connectivity index (χ1) is 7.58. The second-order valence-electron chi connectivity index (χ2n) is 3.59. The second kappa shape index (κ2) is 5.47. The molecule has 0 heterocycles. The van der Waals surface area contributed by atoms with Crippen LogP contribution >= 0.6 is 0 Å². The molecule has 3 nitrogen and oxygen atoms in total. The predicted octanol–water partition coefficient (Wildman–Crippen LogP) is 2.42. The van der Waals surface area contributed by atoms with Crippen molar-refractivity contribution in [2.45, 2.75) is 20.0 Å². The summed E-state index contributed by atoms with van der Waals surface area (Å²) in [5.74, 6) is -0.00533. The summed E-state index contributed by atoms with van der Waals surface area (Å²) in [6.45, 7) is 3.87. The maximum absolute atomic E-state index is 13.2. The molecule has 0 saturated heterocycles. The van der Waals surface area contributed by atoms with Crippen molar-refractivity contribution in [3.8, 4) is 11.8 Å². The van der Waals surface area contributed by atoms with E-state index in [1.54, 1.807) is 14.0 Å². The zero-order valence-corrected chi connectivity index (χ0v) is 9.58. The standard InChI is InChI=1S/C12H14FNO2/c1-8-4-12(16-9(2)7-15-3)10(6-14)5-11(8)13/h4-5,9H,7H2,1-3H3. The zero-order valence-electron chi connectivity index (χ0n) is 9.58. The molecular formula is C12H14FNO2. The minimum absolute atomic E-state index is 0.179. The SMILES string of the molecule is COCC(C)Oc1cc(C)c(F)cc1C#N. The van der Waals surface area contributed by atoms with Gasteiger partial charge in [0.05, 0.1) is 12.2 Å². The molecule has 0 aliphatic carbocycles. The summed E-state index contributed by atoms with van der Waals surface area (Å²) in [4.78, 5) is 0. The Morgan fingerprint density at radius 2 is 2.19 bits per heavy atom. The van der Waals surface area contributed by atoms with E-state index in [0.29, 0.717) is 17.9 Å².